The Balaban J connectivity index is 1.98. The van der Waals surface area contributed by atoms with Gasteiger partial charge < -0.3 is 14.7 Å². The second-order valence-corrected chi connectivity index (χ2v) is 8.32. The van der Waals surface area contributed by atoms with Crippen LogP contribution in [0.2, 0.25) is 0 Å². The lowest BCUT2D eigenvalue weighted by Gasteiger charge is -2.21. The predicted octanol–water partition coefficient (Wildman–Crippen LogP) is 1.11. The normalized spacial score (nSPS) is 20.6. The number of hydrogen-bond donors (Lipinski definition) is 1. The Labute approximate surface area is 147 Å². The second-order valence-electron chi connectivity index (χ2n) is 6.04. The minimum atomic E-state index is -3.24. The smallest absolute Gasteiger partial charge is 0.326 e. The van der Waals surface area contributed by atoms with E-state index in [0.717, 1.165) is 5.56 Å². The molecule has 0 saturated carbocycles. The summed E-state index contributed by atoms with van der Waals surface area (Å²) in [6, 6.07) is 5.60. The summed E-state index contributed by atoms with van der Waals surface area (Å²) in [4.78, 5) is 25.3. The molecule has 2 unspecified atom stereocenters. The summed E-state index contributed by atoms with van der Waals surface area (Å²) >= 11 is 0. The number of amides is 1. The third kappa shape index (κ3) is 4.58. The van der Waals surface area contributed by atoms with Crippen LogP contribution in [0, 0.1) is 0 Å². The monoisotopic (exact) mass is 369 g/mol. The third-order valence-corrected chi connectivity index (χ3v) is 6.24. The van der Waals surface area contributed by atoms with Crippen molar-refractivity contribution in [3.63, 3.8) is 0 Å². The van der Waals surface area contributed by atoms with Crippen LogP contribution >= 0.6 is 0 Å². The standard InChI is InChI=1S/C17H23NO6S/c1-3-25(22,23)14-7-4-12(5-8-14)6-9-16(19)18-11-13(24-2)10-15(18)17(20)21/h4-5,7-8,13,15H,3,6,9-11H2,1-2H3,(H,20,21). The van der Waals surface area contributed by atoms with E-state index in [4.69, 9.17) is 4.74 Å². The molecule has 1 aliphatic heterocycles. The minimum Gasteiger partial charge on any atom is -0.480 e. The Morgan fingerprint density at radius 3 is 2.44 bits per heavy atom. The number of sulfone groups is 1. The van der Waals surface area contributed by atoms with E-state index in [0.29, 0.717) is 12.8 Å². The minimum absolute atomic E-state index is 0.0387. The molecule has 7 nitrogen and oxygen atoms in total. The molecule has 1 N–H and O–H groups in total. The van der Waals surface area contributed by atoms with Gasteiger partial charge in [-0.25, -0.2) is 13.2 Å². The number of carbonyl (C=O) groups excluding carboxylic acids is 1. The zero-order chi connectivity index (χ0) is 18.6. The second kappa shape index (κ2) is 7.97. The van der Waals surface area contributed by atoms with E-state index in [9.17, 15) is 23.1 Å². The molecule has 8 heteroatoms. The molecular weight excluding hydrogens is 346 g/mol. The summed E-state index contributed by atoms with van der Waals surface area (Å²) in [5.74, 6) is -1.23. The van der Waals surface area contributed by atoms with Gasteiger partial charge in [0.15, 0.2) is 9.84 Å². The summed E-state index contributed by atoms with van der Waals surface area (Å²) in [5, 5.41) is 9.25. The fraction of sp³-hybridized carbons (Fsp3) is 0.529. The van der Waals surface area contributed by atoms with Gasteiger partial charge >= 0.3 is 5.97 Å². The number of ether oxygens (including phenoxy) is 1. The number of aryl methyl sites for hydroxylation is 1. The van der Waals surface area contributed by atoms with E-state index < -0.39 is 21.8 Å². The number of methoxy groups -OCH3 is 1. The molecule has 0 radical (unpaired) electrons. The summed E-state index contributed by atoms with van der Waals surface area (Å²) < 4.78 is 28.7. The van der Waals surface area contributed by atoms with Crippen LogP contribution in [0.25, 0.3) is 0 Å². The Bertz CT molecular complexity index is 728. The number of carbonyl (C=O) groups is 2. The molecule has 0 aromatic heterocycles. The molecule has 0 bridgehead atoms. The Hall–Kier alpha value is -1.93. The maximum Gasteiger partial charge on any atom is 0.326 e. The van der Waals surface area contributed by atoms with Crippen molar-refractivity contribution >= 4 is 21.7 Å². The highest BCUT2D eigenvalue weighted by Crippen LogP contribution is 2.22. The van der Waals surface area contributed by atoms with Crippen molar-refractivity contribution in [2.45, 2.75) is 43.2 Å². The number of benzene rings is 1. The zero-order valence-corrected chi connectivity index (χ0v) is 15.2. The summed E-state index contributed by atoms with van der Waals surface area (Å²) in [6.45, 7) is 1.87. The van der Waals surface area contributed by atoms with Crippen LogP contribution in [0.15, 0.2) is 29.2 Å². The Morgan fingerprint density at radius 1 is 1.28 bits per heavy atom. The van der Waals surface area contributed by atoms with Gasteiger partial charge in [0.2, 0.25) is 5.91 Å². The van der Waals surface area contributed by atoms with Crippen LogP contribution in [0.3, 0.4) is 0 Å². The lowest BCUT2D eigenvalue weighted by Crippen LogP contribution is -2.40. The first kappa shape index (κ1) is 19.4. The van der Waals surface area contributed by atoms with E-state index in [-0.39, 0.29) is 35.6 Å². The third-order valence-electron chi connectivity index (χ3n) is 4.49. The lowest BCUT2D eigenvalue weighted by atomic mass is 10.1. The predicted molar refractivity (Wildman–Crippen MR) is 91.0 cm³/mol. The first-order valence-electron chi connectivity index (χ1n) is 8.15. The van der Waals surface area contributed by atoms with Gasteiger partial charge in [0, 0.05) is 26.5 Å². The molecule has 1 fully saturated rings. The van der Waals surface area contributed by atoms with Crippen molar-refractivity contribution in [3.8, 4) is 0 Å². The number of carboxylic acids is 1. The molecule has 138 valence electrons. The first-order chi connectivity index (χ1) is 11.8. The Kier molecular flexibility index (Phi) is 6.18. The quantitative estimate of drug-likeness (QED) is 0.773. The number of likely N-dealkylation sites (tertiary alicyclic amines) is 1. The van der Waals surface area contributed by atoms with Crippen LogP contribution in [-0.2, 0) is 30.6 Å². The van der Waals surface area contributed by atoms with E-state index in [1.54, 1.807) is 19.1 Å². The van der Waals surface area contributed by atoms with Crippen LogP contribution < -0.4 is 0 Å². The number of nitrogens with zero attached hydrogens (tertiary/aromatic N) is 1. The van der Waals surface area contributed by atoms with Crippen LogP contribution in [0.4, 0.5) is 0 Å². The van der Waals surface area contributed by atoms with E-state index in [2.05, 4.69) is 0 Å². The van der Waals surface area contributed by atoms with Crippen LogP contribution in [-0.4, -0.2) is 61.9 Å². The molecule has 1 aromatic carbocycles. The molecule has 2 atom stereocenters. The molecule has 1 saturated heterocycles. The van der Waals surface area contributed by atoms with Crippen LogP contribution in [0.1, 0.15) is 25.3 Å². The number of hydrogen-bond acceptors (Lipinski definition) is 5. The molecule has 1 aliphatic rings. The van der Waals surface area contributed by atoms with Crippen molar-refractivity contribution in [3.05, 3.63) is 29.8 Å². The van der Waals surface area contributed by atoms with E-state index in [1.165, 1.54) is 24.1 Å². The molecular formula is C17H23NO6S. The summed E-state index contributed by atoms with van der Waals surface area (Å²) in [6.07, 6.45) is 0.621. The molecule has 2 rings (SSSR count). The van der Waals surface area contributed by atoms with Crippen molar-refractivity contribution < 1.29 is 27.9 Å². The van der Waals surface area contributed by atoms with Gasteiger partial charge in [-0.1, -0.05) is 19.1 Å². The highest BCUT2D eigenvalue weighted by atomic mass is 32.2. The molecule has 25 heavy (non-hydrogen) atoms. The summed E-state index contributed by atoms with van der Waals surface area (Å²) in [7, 11) is -1.74. The Morgan fingerprint density at radius 2 is 1.92 bits per heavy atom. The lowest BCUT2D eigenvalue weighted by molar-refractivity contribution is -0.148. The number of rotatable bonds is 7. The topological polar surface area (TPSA) is 101 Å². The van der Waals surface area contributed by atoms with E-state index >= 15 is 0 Å². The van der Waals surface area contributed by atoms with Gasteiger partial charge in [0.1, 0.15) is 6.04 Å². The van der Waals surface area contributed by atoms with Gasteiger partial charge in [-0.2, -0.15) is 0 Å². The number of carboxylic acid groups (broad SMARTS) is 1. The largest absolute Gasteiger partial charge is 0.480 e. The van der Waals surface area contributed by atoms with E-state index in [1.807, 2.05) is 0 Å². The van der Waals surface area contributed by atoms with Gasteiger partial charge in [-0.3, -0.25) is 4.79 Å². The van der Waals surface area contributed by atoms with Gasteiger partial charge in [-0.05, 0) is 24.1 Å². The highest BCUT2D eigenvalue weighted by Gasteiger charge is 2.39. The molecule has 0 aliphatic carbocycles. The van der Waals surface area contributed by atoms with Crippen molar-refractivity contribution in [1.82, 2.24) is 4.90 Å². The fourth-order valence-corrected chi connectivity index (χ4v) is 3.79. The fourth-order valence-electron chi connectivity index (χ4n) is 2.90. The molecule has 1 heterocycles. The summed E-state index contributed by atoms with van der Waals surface area (Å²) in [5.41, 5.74) is 0.831. The molecule has 1 aromatic rings. The van der Waals surface area contributed by atoms with Crippen LogP contribution in [0.5, 0.6) is 0 Å². The average Bonchev–Trinajstić information content (AvgIpc) is 3.05. The van der Waals surface area contributed by atoms with Gasteiger partial charge in [-0.15, -0.1) is 0 Å². The van der Waals surface area contributed by atoms with Crippen molar-refractivity contribution in [2.75, 3.05) is 19.4 Å². The average molecular weight is 369 g/mol. The molecule has 1 amide bonds. The first-order valence-corrected chi connectivity index (χ1v) is 9.80. The zero-order valence-electron chi connectivity index (χ0n) is 14.3. The maximum atomic E-state index is 12.4. The highest BCUT2D eigenvalue weighted by molar-refractivity contribution is 7.91. The van der Waals surface area contributed by atoms with Crippen molar-refractivity contribution in [1.29, 1.82) is 0 Å². The maximum absolute atomic E-state index is 12.4. The van der Waals surface area contributed by atoms with Gasteiger partial charge in [0.25, 0.3) is 0 Å². The van der Waals surface area contributed by atoms with Gasteiger partial charge in [0.05, 0.1) is 16.8 Å². The molecule has 0 spiro atoms. The SMILES string of the molecule is CCS(=O)(=O)c1ccc(CCC(=O)N2CC(OC)CC2C(=O)O)cc1. The number of aliphatic carboxylic acids is 1. The van der Waals surface area contributed by atoms with Crippen molar-refractivity contribution in [2.24, 2.45) is 0 Å².